The fourth-order valence-corrected chi connectivity index (χ4v) is 1.94. The fourth-order valence-electron chi connectivity index (χ4n) is 1.94. The van der Waals surface area contributed by atoms with E-state index in [2.05, 4.69) is 13.0 Å². The van der Waals surface area contributed by atoms with Crippen molar-refractivity contribution in [1.82, 2.24) is 0 Å². The van der Waals surface area contributed by atoms with Crippen LogP contribution in [0.15, 0.2) is 60.8 Å². The Balaban J connectivity index is 3.64. The van der Waals surface area contributed by atoms with Crippen molar-refractivity contribution in [2.75, 3.05) is 0 Å². The van der Waals surface area contributed by atoms with Crippen molar-refractivity contribution in [2.45, 2.75) is 58.0 Å². The molecule has 0 aliphatic heterocycles. The van der Waals surface area contributed by atoms with Crippen molar-refractivity contribution in [3.05, 3.63) is 60.8 Å². The second kappa shape index (κ2) is 16.5. The minimum Gasteiger partial charge on any atom is -0.478 e. The molecular formula is C20H30O3. The zero-order valence-electron chi connectivity index (χ0n) is 14.1. The first-order valence-electron chi connectivity index (χ1n) is 8.41. The van der Waals surface area contributed by atoms with Gasteiger partial charge in [0.2, 0.25) is 0 Å². The summed E-state index contributed by atoms with van der Waals surface area (Å²) in [5, 5.41) is 18.2. The van der Waals surface area contributed by atoms with Gasteiger partial charge in [0.05, 0.1) is 6.10 Å². The third kappa shape index (κ3) is 18.1. The highest BCUT2D eigenvalue weighted by Crippen LogP contribution is 2.09. The number of allylic oxidation sites excluding steroid dienone is 9. The van der Waals surface area contributed by atoms with Crippen molar-refractivity contribution in [1.29, 1.82) is 0 Å². The first kappa shape index (κ1) is 21.1. The summed E-state index contributed by atoms with van der Waals surface area (Å²) >= 11 is 0. The second-order valence-corrected chi connectivity index (χ2v) is 5.36. The smallest absolute Gasteiger partial charge is 0.328 e. The first-order valence-corrected chi connectivity index (χ1v) is 8.41. The average Bonchev–Trinajstić information content (AvgIpc) is 2.51. The highest BCUT2D eigenvalue weighted by Gasteiger charge is 2.01. The Morgan fingerprint density at radius 3 is 2.04 bits per heavy atom. The molecule has 23 heavy (non-hydrogen) atoms. The molecule has 0 aromatic carbocycles. The van der Waals surface area contributed by atoms with Crippen LogP contribution in [0, 0.1) is 0 Å². The minimum atomic E-state index is -0.947. The molecule has 2 N–H and O–H groups in total. The van der Waals surface area contributed by atoms with E-state index in [0.29, 0.717) is 0 Å². The summed E-state index contributed by atoms with van der Waals surface area (Å²) in [7, 11) is 0. The minimum absolute atomic E-state index is 0.143. The molecule has 0 aliphatic carbocycles. The van der Waals surface area contributed by atoms with Crippen LogP contribution in [0.3, 0.4) is 0 Å². The number of rotatable bonds is 13. The molecule has 0 unspecified atom stereocenters. The molecule has 128 valence electrons. The standard InChI is InChI=1S/C20H30O3/c1-2-3-13-16-19(21)17-14-11-9-7-5-4-6-8-10-12-15-18-20(22)23/h4-10,12,15,18-19,21H,2-3,11,13-14,16-17H2,1H3,(H,22,23)/t19-/m0/s1. The molecule has 0 radical (unpaired) electrons. The second-order valence-electron chi connectivity index (χ2n) is 5.36. The van der Waals surface area contributed by atoms with E-state index in [9.17, 15) is 9.90 Å². The monoisotopic (exact) mass is 318 g/mol. The number of carboxylic acids is 1. The number of hydrogen-bond donors (Lipinski definition) is 2. The summed E-state index contributed by atoms with van der Waals surface area (Å²) in [6.07, 6.45) is 24.9. The Labute approximate surface area is 140 Å². The van der Waals surface area contributed by atoms with Gasteiger partial charge in [-0.2, -0.15) is 0 Å². The van der Waals surface area contributed by atoms with Crippen LogP contribution >= 0.6 is 0 Å². The number of carboxylic acid groups (broad SMARTS) is 1. The summed E-state index contributed by atoms with van der Waals surface area (Å²) < 4.78 is 0. The van der Waals surface area contributed by atoms with Crippen LogP contribution in [0.5, 0.6) is 0 Å². The van der Waals surface area contributed by atoms with Crippen molar-refractivity contribution >= 4 is 5.97 Å². The van der Waals surface area contributed by atoms with Crippen LogP contribution in [0.25, 0.3) is 0 Å². The predicted octanol–water partition coefficient (Wildman–Crippen LogP) is 4.96. The zero-order valence-corrected chi connectivity index (χ0v) is 14.1. The van der Waals surface area contributed by atoms with Gasteiger partial charge in [0.25, 0.3) is 0 Å². The van der Waals surface area contributed by atoms with Crippen molar-refractivity contribution < 1.29 is 15.0 Å². The molecule has 0 amide bonds. The molecule has 0 bridgehead atoms. The summed E-state index contributed by atoms with van der Waals surface area (Å²) in [5.41, 5.74) is 0. The van der Waals surface area contributed by atoms with Gasteiger partial charge in [0.15, 0.2) is 0 Å². The summed E-state index contributed by atoms with van der Waals surface area (Å²) in [4.78, 5) is 10.2. The van der Waals surface area contributed by atoms with Crippen molar-refractivity contribution in [3.63, 3.8) is 0 Å². The molecule has 0 aromatic rings. The van der Waals surface area contributed by atoms with E-state index in [1.54, 1.807) is 12.2 Å². The van der Waals surface area contributed by atoms with Gasteiger partial charge in [-0.1, -0.05) is 80.9 Å². The van der Waals surface area contributed by atoms with Gasteiger partial charge in [-0.3, -0.25) is 0 Å². The van der Waals surface area contributed by atoms with Gasteiger partial charge in [-0.15, -0.1) is 0 Å². The van der Waals surface area contributed by atoms with Gasteiger partial charge in [-0.25, -0.2) is 4.79 Å². The number of unbranched alkanes of at least 4 members (excludes halogenated alkanes) is 3. The molecule has 3 nitrogen and oxygen atoms in total. The quantitative estimate of drug-likeness (QED) is 0.286. The molecule has 3 heteroatoms. The van der Waals surface area contributed by atoms with Crippen molar-refractivity contribution in [3.8, 4) is 0 Å². The Kier molecular flexibility index (Phi) is 15.2. The van der Waals surface area contributed by atoms with E-state index in [1.165, 1.54) is 18.9 Å². The molecule has 0 fully saturated rings. The zero-order chi connectivity index (χ0) is 17.2. The fraction of sp³-hybridized carbons (Fsp3) is 0.450. The van der Waals surface area contributed by atoms with Crippen LogP contribution in [-0.4, -0.2) is 22.3 Å². The van der Waals surface area contributed by atoms with Crippen LogP contribution in [0.1, 0.15) is 51.9 Å². The summed E-state index contributed by atoms with van der Waals surface area (Å²) in [6.45, 7) is 2.17. The number of carbonyl (C=O) groups is 1. The van der Waals surface area contributed by atoms with Crippen LogP contribution in [0.2, 0.25) is 0 Å². The molecule has 1 atom stereocenters. The van der Waals surface area contributed by atoms with E-state index >= 15 is 0 Å². The van der Waals surface area contributed by atoms with Crippen molar-refractivity contribution in [2.24, 2.45) is 0 Å². The highest BCUT2D eigenvalue weighted by molar-refractivity contribution is 5.80. The van der Waals surface area contributed by atoms with Crippen LogP contribution in [-0.2, 0) is 4.79 Å². The van der Waals surface area contributed by atoms with Crippen LogP contribution in [0.4, 0.5) is 0 Å². The maximum Gasteiger partial charge on any atom is 0.328 e. The third-order valence-electron chi connectivity index (χ3n) is 3.20. The molecule has 0 heterocycles. The lowest BCUT2D eigenvalue weighted by atomic mass is 10.1. The van der Waals surface area contributed by atoms with Gasteiger partial charge < -0.3 is 10.2 Å². The molecule has 0 aliphatic rings. The predicted molar refractivity (Wildman–Crippen MR) is 97.3 cm³/mol. The van der Waals surface area contributed by atoms with E-state index < -0.39 is 5.97 Å². The lowest BCUT2D eigenvalue weighted by Crippen LogP contribution is -2.05. The first-order chi connectivity index (χ1) is 11.2. The largest absolute Gasteiger partial charge is 0.478 e. The lowest BCUT2D eigenvalue weighted by Gasteiger charge is -2.08. The number of aliphatic carboxylic acids is 1. The Morgan fingerprint density at radius 1 is 0.870 bits per heavy atom. The van der Waals surface area contributed by atoms with Gasteiger partial charge in [0.1, 0.15) is 0 Å². The average molecular weight is 318 g/mol. The maximum absolute atomic E-state index is 10.2. The van der Waals surface area contributed by atoms with Gasteiger partial charge in [0, 0.05) is 6.08 Å². The number of aliphatic hydroxyl groups excluding tert-OH is 1. The Morgan fingerprint density at radius 2 is 1.43 bits per heavy atom. The third-order valence-corrected chi connectivity index (χ3v) is 3.20. The van der Waals surface area contributed by atoms with E-state index in [4.69, 9.17) is 5.11 Å². The summed E-state index contributed by atoms with van der Waals surface area (Å²) in [6, 6.07) is 0. The molecule has 0 saturated heterocycles. The SMILES string of the molecule is CCCCC[C@H](O)CCCC=CC=CC=CC=CC=CC(=O)O. The van der Waals surface area contributed by atoms with E-state index in [0.717, 1.165) is 38.2 Å². The Bertz CT molecular complexity index is 428. The normalized spacial score (nSPS) is 14.2. The lowest BCUT2D eigenvalue weighted by molar-refractivity contribution is -0.131. The maximum atomic E-state index is 10.2. The highest BCUT2D eigenvalue weighted by atomic mass is 16.4. The van der Waals surface area contributed by atoms with Crippen LogP contribution < -0.4 is 0 Å². The Hall–Kier alpha value is -1.87. The number of hydrogen-bond acceptors (Lipinski definition) is 2. The van der Waals surface area contributed by atoms with E-state index in [-0.39, 0.29) is 6.10 Å². The molecule has 0 spiro atoms. The van der Waals surface area contributed by atoms with Gasteiger partial charge >= 0.3 is 5.97 Å². The molecule has 0 saturated carbocycles. The van der Waals surface area contributed by atoms with E-state index in [1.807, 2.05) is 30.4 Å². The topological polar surface area (TPSA) is 57.5 Å². The molecule has 0 rings (SSSR count). The number of aliphatic hydroxyl groups is 1. The molecular weight excluding hydrogens is 288 g/mol. The van der Waals surface area contributed by atoms with Gasteiger partial charge in [-0.05, 0) is 25.7 Å². The summed E-state index contributed by atoms with van der Waals surface area (Å²) in [5.74, 6) is -0.947. The molecule has 0 aromatic heterocycles.